The molecule has 0 heterocycles. The molecule has 0 aliphatic heterocycles. The minimum Gasteiger partial charge on any atom is -0.490 e. The summed E-state index contributed by atoms with van der Waals surface area (Å²) < 4.78 is 11.5. The van der Waals surface area contributed by atoms with Crippen molar-refractivity contribution in [3.05, 3.63) is 28.2 Å². The molecular weight excluding hydrogens is 312 g/mol. The maximum Gasteiger partial charge on any atom is 0.153 e. The van der Waals surface area contributed by atoms with Gasteiger partial charge in [0.1, 0.15) is 18.5 Å². The van der Waals surface area contributed by atoms with Gasteiger partial charge >= 0.3 is 0 Å². The van der Waals surface area contributed by atoms with Crippen molar-refractivity contribution >= 4 is 22.2 Å². The van der Waals surface area contributed by atoms with Gasteiger partial charge in [0.05, 0.1) is 12.2 Å². The van der Waals surface area contributed by atoms with Gasteiger partial charge in [-0.25, -0.2) is 0 Å². The second-order valence-electron chi connectivity index (χ2n) is 4.19. The molecule has 5 heteroatoms. The average molecular weight is 331 g/mol. The van der Waals surface area contributed by atoms with Crippen molar-refractivity contribution in [3.8, 4) is 5.75 Å². The van der Waals surface area contributed by atoms with E-state index in [1.807, 2.05) is 0 Å². The zero-order valence-corrected chi connectivity index (χ0v) is 12.6. The Balaban J connectivity index is 2.37. The number of hydrogen-bond donors (Lipinski definition) is 1. The molecule has 0 saturated carbocycles. The van der Waals surface area contributed by atoms with Crippen molar-refractivity contribution in [1.29, 1.82) is 0 Å². The molecule has 1 unspecified atom stereocenters. The van der Waals surface area contributed by atoms with E-state index < -0.39 is 6.10 Å². The minimum atomic E-state index is -0.694. The summed E-state index contributed by atoms with van der Waals surface area (Å²) in [5, 5.41) is 9.68. The number of carbonyl (C=O) groups excluding carboxylic acids is 1. The van der Waals surface area contributed by atoms with Crippen LogP contribution < -0.4 is 4.74 Å². The Hall–Kier alpha value is -0.910. The van der Waals surface area contributed by atoms with Crippen LogP contribution in [-0.2, 0) is 4.74 Å². The molecule has 0 aliphatic rings. The molecule has 19 heavy (non-hydrogen) atoms. The summed E-state index contributed by atoms with van der Waals surface area (Å²) in [7, 11) is 0. The summed E-state index contributed by atoms with van der Waals surface area (Å²) in [5.74, 6) is 0.464. The van der Waals surface area contributed by atoms with Gasteiger partial charge in [-0.2, -0.15) is 0 Å². The fraction of sp³-hybridized carbons (Fsp3) is 0.500. The van der Waals surface area contributed by atoms with E-state index in [9.17, 15) is 9.90 Å². The zero-order chi connectivity index (χ0) is 14.1. The van der Waals surface area contributed by atoms with Crippen molar-refractivity contribution in [3.63, 3.8) is 0 Å². The summed E-state index contributed by atoms with van der Waals surface area (Å²) in [6.45, 7) is 3.07. The van der Waals surface area contributed by atoms with E-state index in [0.29, 0.717) is 17.9 Å². The van der Waals surface area contributed by atoms with Crippen LogP contribution in [-0.4, -0.2) is 37.3 Å². The average Bonchev–Trinajstić information content (AvgIpc) is 2.42. The first-order valence-corrected chi connectivity index (χ1v) is 7.10. The molecule has 0 amide bonds. The molecule has 4 nitrogen and oxygen atoms in total. The van der Waals surface area contributed by atoms with Crippen LogP contribution in [0.4, 0.5) is 0 Å². The Kier molecular flexibility index (Phi) is 7.70. The normalized spacial score (nSPS) is 12.2. The summed E-state index contributed by atoms with van der Waals surface area (Å²) in [5.41, 5.74) is 0.452. The van der Waals surface area contributed by atoms with Crippen molar-refractivity contribution < 1.29 is 19.4 Å². The Morgan fingerprint density at radius 1 is 1.42 bits per heavy atom. The number of unbranched alkanes of at least 4 members (excludes halogenated alkanes) is 1. The van der Waals surface area contributed by atoms with Crippen LogP contribution in [0.5, 0.6) is 5.75 Å². The van der Waals surface area contributed by atoms with E-state index in [2.05, 4.69) is 22.9 Å². The Labute approximate surface area is 121 Å². The largest absolute Gasteiger partial charge is 0.490 e. The molecule has 1 atom stereocenters. The highest BCUT2D eigenvalue weighted by Gasteiger charge is 2.08. The summed E-state index contributed by atoms with van der Waals surface area (Å²) in [6, 6.07) is 5.15. The summed E-state index contributed by atoms with van der Waals surface area (Å²) >= 11 is 3.28. The number of aldehydes is 1. The topological polar surface area (TPSA) is 55.8 Å². The third-order valence-corrected chi connectivity index (χ3v) is 2.98. The smallest absolute Gasteiger partial charge is 0.153 e. The van der Waals surface area contributed by atoms with Crippen LogP contribution in [0.3, 0.4) is 0 Å². The number of ether oxygens (including phenoxy) is 2. The Morgan fingerprint density at radius 3 is 2.89 bits per heavy atom. The second kappa shape index (κ2) is 9.07. The maximum absolute atomic E-state index is 10.9. The van der Waals surface area contributed by atoms with Crippen molar-refractivity contribution in [2.45, 2.75) is 25.9 Å². The fourth-order valence-electron chi connectivity index (χ4n) is 1.44. The van der Waals surface area contributed by atoms with Crippen LogP contribution in [0, 0.1) is 0 Å². The monoisotopic (exact) mass is 330 g/mol. The number of aliphatic hydroxyl groups is 1. The lowest BCUT2D eigenvalue weighted by molar-refractivity contribution is 0.0112. The molecular formula is C14H19BrO4. The summed E-state index contributed by atoms with van der Waals surface area (Å²) in [4.78, 5) is 10.9. The van der Waals surface area contributed by atoms with Crippen molar-refractivity contribution in [1.82, 2.24) is 0 Å². The number of benzene rings is 1. The van der Waals surface area contributed by atoms with E-state index in [1.165, 1.54) is 0 Å². The van der Waals surface area contributed by atoms with Crippen LogP contribution in [0.2, 0.25) is 0 Å². The van der Waals surface area contributed by atoms with Gasteiger partial charge < -0.3 is 14.6 Å². The molecule has 0 fully saturated rings. The van der Waals surface area contributed by atoms with Gasteiger partial charge in [0.2, 0.25) is 0 Å². The molecule has 1 rings (SSSR count). The first-order chi connectivity index (χ1) is 9.17. The molecule has 1 N–H and O–H groups in total. The minimum absolute atomic E-state index is 0.106. The lowest BCUT2D eigenvalue weighted by Crippen LogP contribution is -2.24. The SMILES string of the molecule is CCCCOCC(O)COc1ccc(Br)cc1C=O. The van der Waals surface area contributed by atoms with Crippen LogP contribution >= 0.6 is 15.9 Å². The highest BCUT2D eigenvalue weighted by molar-refractivity contribution is 9.10. The second-order valence-corrected chi connectivity index (χ2v) is 5.11. The van der Waals surface area contributed by atoms with E-state index >= 15 is 0 Å². The van der Waals surface area contributed by atoms with Crippen LogP contribution in [0.1, 0.15) is 30.1 Å². The molecule has 106 valence electrons. The third-order valence-electron chi connectivity index (χ3n) is 2.48. The van der Waals surface area contributed by atoms with E-state index in [1.54, 1.807) is 18.2 Å². The molecule has 1 aromatic carbocycles. The standard InChI is InChI=1S/C14H19BrO4/c1-2-3-6-18-9-13(17)10-19-14-5-4-12(15)7-11(14)8-16/h4-5,7-8,13,17H,2-3,6,9-10H2,1H3. The number of rotatable bonds is 9. The van der Waals surface area contributed by atoms with Gasteiger partial charge in [-0.3, -0.25) is 4.79 Å². The third kappa shape index (κ3) is 6.18. The van der Waals surface area contributed by atoms with Gasteiger partial charge in [0.15, 0.2) is 6.29 Å². The lowest BCUT2D eigenvalue weighted by atomic mass is 10.2. The van der Waals surface area contributed by atoms with E-state index in [-0.39, 0.29) is 13.2 Å². The van der Waals surface area contributed by atoms with Gasteiger partial charge in [-0.15, -0.1) is 0 Å². The number of hydrogen-bond acceptors (Lipinski definition) is 4. The Bertz CT molecular complexity index is 395. The molecule has 0 saturated heterocycles. The summed E-state index contributed by atoms with van der Waals surface area (Å²) in [6.07, 6.45) is 2.08. The number of carbonyl (C=O) groups is 1. The van der Waals surface area contributed by atoms with Gasteiger partial charge in [-0.05, 0) is 24.6 Å². The lowest BCUT2D eigenvalue weighted by Gasteiger charge is -2.13. The van der Waals surface area contributed by atoms with Crippen molar-refractivity contribution in [2.75, 3.05) is 19.8 Å². The molecule has 0 bridgehead atoms. The van der Waals surface area contributed by atoms with Crippen LogP contribution in [0.15, 0.2) is 22.7 Å². The van der Waals surface area contributed by atoms with Crippen LogP contribution in [0.25, 0.3) is 0 Å². The molecule has 0 aliphatic carbocycles. The first-order valence-electron chi connectivity index (χ1n) is 6.30. The zero-order valence-electron chi connectivity index (χ0n) is 11.0. The highest BCUT2D eigenvalue weighted by atomic mass is 79.9. The fourth-order valence-corrected chi connectivity index (χ4v) is 1.82. The Morgan fingerprint density at radius 2 is 2.21 bits per heavy atom. The number of aliphatic hydroxyl groups excluding tert-OH is 1. The molecule has 1 aromatic rings. The van der Waals surface area contributed by atoms with Gasteiger partial charge in [0.25, 0.3) is 0 Å². The first kappa shape index (κ1) is 16.1. The van der Waals surface area contributed by atoms with E-state index in [0.717, 1.165) is 23.6 Å². The highest BCUT2D eigenvalue weighted by Crippen LogP contribution is 2.21. The quantitative estimate of drug-likeness (QED) is 0.558. The predicted octanol–water partition coefficient (Wildman–Crippen LogP) is 2.82. The number of halogens is 1. The van der Waals surface area contributed by atoms with Gasteiger partial charge in [-0.1, -0.05) is 29.3 Å². The molecule has 0 radical (unpaired) electrons. The van der Waals surface area contributed by atoms with Crippen molar-refractivity contribution in [2.24, 2.45) is 0 Å². The molecule has 0 aromatic heterocycles. The maximum atomic E-state index is 10.9. The van der Waals surface area contributed by atoms with E-state index in [4.69, 9.17) is 9.47 Å². The molecule has 0 spiro atoms. The predicted molar refractivity (Wildman–Crippen MR) is 76.8 cm³/mol. The van der Waals surface area contributed by atoms with Gasteiger partial charge in [0, 0.05) is 11.1 Å².